The van der Waals surface area contributed by atoms with Crippen LogP contribution in [0.1, 0.15) is 32.9 Å². The summed E-state index contributed by atoms with van der Waals surface area (Å²) in [7, 11) is 1.62. The SMILES string of the molecule is COCCn1c(Cc2ccc(-c3cccc(OCc4ccc(C#N)cc4F)n3)cc2)nc2ccc(C(=O)O)cc21. The Morgan fingerprint density at radius 1 is 1.05 bits per heavy atom. The number of ether oxygens (including phenoxy) is 2. The Hall–Kier alpha value is -5.07. The number of hydrogen-bond donors (Lipinski definition) is 1. The number of nitriles is 1. The van der Waals surface area contributed by atoms with Crippen molar-refractivity contribution in [1.82, 2.24) is 14.5 Å². The van der Waals surface area contributed by atoms with Crippen LogP contribution in [-0.4, -0.2) is 39.3 Å². The molecule has 0 fully saturated rings. The van der Waals surface area contributed by atoms with E-state index in [1.807, 2.05) is 47.0 Å². The Morgan fingerprint density at radius 3 is 2.60 bits per heavy atom. The number of aromatic nitrogens is 3. The number of nitrogens with zero attached hydrogens (tertiary/aromatic N) is 4. The van der Waals surface area contributed by atoms with Crippen LogP contribution in [0, 0.1) is 17.1 Å². The van der Waals surface area contributed by atoms with Crippen LogP contribution < -0.4 is 4.74 Å². The Balaban J connectivity index is 1.33. The second kappa shape index (κ2) is 11.8. The summed E-state index contributed by atoms with van der Waals surface area (Å²) in [5, 5.41) is 18.3. The van der Waals surface area contributed by atoms with Crippen molar-refractivity contribution in [3.63, 3.8) is 0 Å². The monoisotopic (exact) mass is 536 g/mol. The minimum atomic E-state index is -0.983. The first-order valence-electron chi connectivity index (χ1n) is 12.5. The molecule has 9 heteroatoms. The normalized spacial score (nSPS) is 10.9. The van der Waals surface area contributed by atoms with Gasteiger partial charge < -0.3 is 19.1 Å². The molecule has 0 saturated carbocycles. The van der Waals surface area contributed by atoms with E-state index in [1.165, 1.54) is 12.1 Å². The second-order valence-electron chi connectivity index (χ2n) is 9.12. The Labute approximate surface area is 229 Å². The molecule has 0 aliphatic carbocycles. The smallest absolute Gasteiger partial charge is 0.335 e. The van der Waals surface area contributed by atoms with Crippen LogP contribution in [0.3, 0.4) is 0 Å². The maximum Gasteiger partial charge on any atom is 0.335 e. The summed E-state index contributed by atoms with van der Waals surface area (Å²) in [5.41, 5.74) is 4.91. The molecule has 40 heavy (non-hydrogen) atoms. The van der Waals surface area contributed by atoms with E-state index in [0.717, 1.165) is 28.0 Å². The van der Waals surface area contributed by atoms with Crippen LogP contribution in [0.25, 0.3) is 22.3 Å². The second-order valence-corrected chi connectivity index (χ2v) is 9.12. The average molecular weight is 537 g/mol. The molecular formula is C31H25FN4O4. The van der Waals surface area contributed by atoms with Gasteiger partial charge in [0.15, 0.2) is 0 Å². The van der Waals surface area contributed by atoms with Crippen molar-refractivity contribution >= 4 is 17.0 Å². The summed E-state index contributed by atoms with van der Waals surface area (Å²) >= 11 is 0. The number of pyridine rings is 1. The van der Waals surface area contributed by atoms with Crippen LogP contribution in [0.5, 0.6) is 5.88 Å². The summed E-state index contributed by atoms with van der Waals surface area (Å²) in [6.07, 6.45) is 0.549. The van der Waals surface area contributed by atoms with Crippen molar-refractivity contribution in [2.45, 2.75) is 19.6 Å². The standard InChI is InChI=1S/C31H25FN4O4/c1-39-14-13-36-28-17-23(31(37)38)11-12-27(28)34-29(36)16-20-5-8-22(9-6-20)26-3-2-4-30(35-26)40-19-24-10-7-21(18-33)15-25(24)32/h2-12,15,17H,13-14,16,19H2,1H3,(H,37,38). The highest BCUT2D eigenvalue weighted by molar-refractivity contribution is 5.92. The Kier molecular flexibility index (Phi) is 7.80. The van der Waals surface area contributed by atoms with Gasteiger partial charge in [0, 0.05) is 37.3 Å². The largest absolute Gasteiger partial charge is 0.478 e. The van der Waals surface area contributed by atoms with Gasteiger partial charge in [-0.25, -0.2) is 19.2 Å². The summed E-state index contributed by atoms with van der Waals surface area (Å²) in [6.45, 7) is 1.01. The molecule has 5 rings (SSSR count). The molecule has 0 bridgehead atoms. The molecule has 2 heterocycles. The predicted molar refractivity (Wildman–Crippen MR) is 146 cm³/mol. The highest BCUT2D eigenvalue weighted by atomic mass is 19.1. The molecule has 0 aliphatic heterocycles. The van der Waals surface area contributed by atoms with Gasteiger partial charge in [-0.15, -0.1) is 0 Å². The van der Waals surface area contributed by atoms with E-state index in [1.54, 1.807) is 37.4 Å². The summed E-state index contributed by atoms with van der Waals surface area (Å²) in [5.74, 6) is -0.310. The third-order valence-electron chi connectivity index (χ3n) is 6.49. The zero-order chi connectivity index (χ0) is 28.1. The lowest BCUT2D eigenvalue weighted by atomic mass is 10.1. The first-order valence-corrected chi connectivity index (χ1v) is 12.5. The van der Waals surface area contributed by atoms with Crippen molar-refractivity contribution in [1.29, 1.82) is 5.26 Å². The molecule has 3 aromatic carbocycles. The van der Waals surface area contributed by atoms with Crippen molar-refractivity contribution in [2.24, 2.45) is 0 Å². The number of carboxylic acid groups (broad SMARTS) is 1. The number of imidazole rings is 1. The van der Waals surface area contributed by atoms with Crippen molar-refractivity contribution in [3.05, 3.63) is 113 Å². The van der Waals surface area contributed by atoms with E-state index in [2.05, 4.69) is 4.98 Å². The molecule has 0 radical (unpaired) electrons. The number of halogens is 1. The van der Waals surface area contributed by atoms with Gasteiger partial charge in [0.1, 0.15) is 18.2 Å². The number of rotatable bonds is 10. The molecule has 2 aromatic heterocycles. The van der Waals surface area contributed by atoms with Crippen LogP contribution in [0.4, 0.5) is 4.39 Å². The molecule has 1 N–H and O–H groups in total. The third-order valence-corrected chi connectivity index (χ3v) is 6.49. The quantitative estimate of drug-likeness (QED) is 0.247. The summed E-state index contributed by atoms with van der Waals surface area (Å²) in [4.78, 5) is 20.8. The maximum atomic E-state index is 14.2. The first kappa shape index (κ1) is 26.5. The number of fused-ring (bicyclic) bond motifs is 1. The minimum Gasteiger partial charge on any atom is -0.478 e. The van der Waals surface area contributed by atoms with Gasteiger partial charge in [-0.1, -0.05) is 36.4 Å². The fraction of sp³-hybridized carbons (Fsp3) is 0.161. The third kappa shape index (κ3) is 5.82. The fourth-order valence-electron chi connectivity index (χ4n) is 4.39. The Bertz CT molecular complexity index is 1720. The van der Waals surface area contributed by atoms with E-state index < -0.39 is 11.8 Å². The molecule has 0 unspecified atom stereocenters. The highest BCUT2D eigenvalue weighted by Gasteiger charge is 2.14. The van der Waals surface area contributed by atoms with Gasteiger partial charge in [-0.3, -0.25) is 0 Å². The van der Waals surface area contributed by atoms with Gasteiger partial charge in [-0.05, 0) is 42.0 Å². The fourth-order valence-corrected chi connectivity index (χ4v) is 4.39. The summed E-state index contributed by atoms with van der Waals surface area (Å²) in [6, 6.07) is 24.4. The highest BCUT2D eigenvalue weighted by Crippen LogP contribution is 2.24. The number of carboxylic acids is 1. The molecular weight excluding hydrogens is 511 g/mol. The lowest BCUT2D eigenvalue weighted by molar-refractivity contribution is 0.0697. The number of carbonyl (C=O) groups is 1. The van der Waals surface area contributed by atoms with E-state index in [-0.39, 0.29) is 17.7 Å². The van der Waals surface area contributed by atoms with Crippen molar-refractivity contribution < 1.29 is 23.8 Å². The maximum absolute atomic E-state index is 14.2. The molecule has 8 nitrogen and oxygen atoms in total. The number of methoxy groups -OCH3 is 1. The zero-order valence-electron chi connectivity index (χ0n) is 21.7. The van der Waals surface area contributed by atoms with Gasteiger partial charge in [-0.2, -0.15) is 5.26 Å². The van der Waals surface area contributed by atoms with Gasteiger partial charge in [0.25, 0.3) is 0 Å². The first-order chi connectivity index (χ1) is 19.4. The van der Waals surface area contributed by atoms with Gasteiger partial charge in [0.05, 0.1) is 40.5 Å². The van der Waals surface area contributed by atoms with E-state index in [9.17, 15) is 14.3 Å². The van der Waals surface area contributed by atoms with Gasteiger partial charge in [0.2, 0.25) is 5.88 Å². The molecule has 0 saturated heterocycles. The number of aromatic carboxylic acids is 1. The molecule has 0 amide bonds. The molecule has 0 atom stereocenters. The lowest BCUT2D eigenvalue weighted by Crippen LogP contribution is -2.09. The van der Waals surface area contributed by atoms with Crippen molar-refractivity contribution in [3.8, 4) is 23.2 Å². The van der Waals surface area contributed by atoms with E-state index >= 15 is 0 Å². The number of hydrogen-bond acceptors (Lipinski definition) is 6. The molecule has 0 spiro atoms. The topological polar surface area (TPSA) is 110 Å². The average Bonchev–Trinajstić information content (AvgIpc) is 3.31. The summed E-state index contributed by atoms with van der Waals surface area (Å²) < 4.78 is 27.2. The molecule has 0 aliphatic rings. The van der Waals surface area contributed by atoms with Crippen molar-refractivity contribution in [2.75, 3.05) is 13.7 Å². The zero-order valence-corrected chi connectivity index (χ0v) is 21.7. The van der Waals surface area contributed by atoms with Crippen LogP contribution in [0.2, 0.25) is 0 Å². The predicted octanol–water partition coefficient (Wildman–Crippen LogP) is 5.62. The Morgan fingerprint density at radius 2 is 1.88 bits per heavy atom. The minimum absolute atomic E-state index is 0.00897. The lowest BCUT2D eigenvalue weighted by Gasteiger charge is -2.10. The van der Waals surface area contributed by atoms with Crippen LogP contribution >= 0.6 is 0 Å². The van der Waals surface area contributed by atoms with Crippen LogP contribution in [-0.2, 0) is 24.3 Å². The van der Waals surface area contributed by atoms with E-state index in [4.69, 9.17) is 19.7 Å². The number of benzene rings is 3. The van der Waals surface area contributed by atoms with Crippen LogP contribution in [0.15, 0.2) is 78.9 Å². The molecule has 5 aromatic rings. The molecule has 200 valence electrons. The van der Waals surface area contributed by atoms with Gasteiger partial charge >= 0.3 is 5.97 Å². The van der Waals surface area contributed by atoms with E-state index in [0.29, 0.717) is 36.7 Å².